The van der Waals surface area contributed by atoms with Crippen LogP contribution < -0.4 is 10.9 Å². The van der Waals surface area contributed by atoms with Crippen molar-refractivity contribution in [2.75, 3.05) is 0 Å². The van der Waals surface area contributed by atoms with E-state index < -0.39 is 18.0 Å². The Kier molecular flexibility index (Phi) is 6.01. The van der Waals surface area contributed by atoms with E-state index in [4.69, 9.17) is 0 Å². The number of aryl methyl sites for hydroxylation is 1. The van der Waals surface area contributed by atoms with Crippen LogP contribution in [-0.4, -0.2) is 25.8 Å². The molecule has 0 radical (unpaired) electrons. The smallest absolute Gasteiger partial charge is 0.345 e. The second-order valence-corrected chi connectivity index (χ2v) is 8.30. The Bertz CT molecular complexity index is 1610. The minimum Gasteiger partial charge on any atom is -0.345 e. The SMILES string of the molecule is O=C(CCc1nc2ccccc2c(=O)[nH]1)NC(c1ccccc1)c1ccc2nc(C(F)(F)F)[nH]c2c1. The number of carbonyl (C=O) groups excluding carboxylic acids is 1. The lowest BCUT2D eigenvalue weighted by atomic mass is 9.98. The van der Waals surface area contributed by atoms with E-state index in [1.54, 1.807) is 36.4 Å². The number of alkyl halides is 3. The van der Waals surface area contributed by atoms with Crippen LogP contribution in [0.4, 0.5) is 13.2 Å². The summed E-state index contributed by atoms with van der Waals surface area (Å²) in [5, 5.41) is 3.43. The molecule has 0 aliphatic heterocycles. The second kappa shape index (κ2) is 9.29. The number of imidazole rings is 1. The van der Waals surface area contributed by atoms with E-state index in [2.05, 4.69) is 25.3 Å². The van der Waals surface area contributed by atoms with Gasteiger partial charge in [0.2, 0.25) is 11.7 Å². The number of nitrogens with zero attached hydrogens (tertiary/aromatic N) is 2. The first-order chi connectivity index (χ1) is 17.3. The van der Waals surface area contributed by atoms with Crippen molar-refractivity contribution in [3.63, 3.8) is 0 Å². The number of hydrogen-bond donors (Lipinski definition) is 3. The third kappa shape index (κ3) is 4.83. The third-order valence-corrected chi connectivity index (χ3v) is 5.80. The van der Waals surface area contributed by atoms with E-state index in [-0.39, 0.29) is 35.3 Å². The van der Waals surface area contributed by atoms with Crippen molar-refractivity contribution >= 4 is 27.8 Å². The molecule has 5 rings (SSSR count). The first kappa shape index (κ1) is 23.3. The average Bonchev–Trinajstić information content (AvgIpc) is 3.31. The Hall–Kier alpha value is -4.47. The van der Waals surface area contributed by atoms with E-state index in [0.29, 0.717) is 22.3 Å². The third-order valence-electron chi connectivity index (χ3n) is 5.80. The number of benzene rings is 3. The topological polar surface area (TPSA) is 104 Å². The summed E-state index contributed by atoms with van der Waals surface area (Å²) < 4.78 is 39.2. The molecule has 1 atom stereocenters. The molecule has 10 heteroatoms. The summed E-state index contributed by atoms with van der Waals surface area (Å²) >= 11 is 0. The molecule has 7 nitrogen and oxygen atoms in total. The van der Waals surface area contributed by atoms with E-state index in [1.807, 2.05) is 30.3 Å². The molecule has 0 spiro atoms. The van der Waals surface area contributed by atoms with E-state index in [1.165, 1.54) is 6.07 Å². The maximum absolute atomic E-state index is 13.1. The summed E-state index contributed by atoms with van der Waals surface area (Å²) in [4.78, 5) is 38.3. The zero-order valence-corrected chi connectivity index (χ0v) is 18.8. The summed E-state index contributed by atoms with van der Waals surface area (Å²) in [6.45, 7) is 0. The monoisotopic (exact) mass is 491 g/mol. The summed E-state index contributed by atoms with van der Waals surface area (Å²) in [5.41, 5.74) is 2.02. The lowest BCUT2D eigenvalue weighted by Gasteiger charge is -2.20. The van der Waals surface area contributed by atoms with E-state index in [0.717, 1.165) is 5.56 Å². The molecule has 2 aromatic heterocycles. The van der Waals surface area contributed by atoms with Crippen molar-refractivity contribution in [1.82, 2.24) is 25.3 Å². The van der Waals surface area contributed by atoms with Crippen LogP contribution in [0.2, 0.25) is 0 Å². The molecule has 3 N–H and O–H groups in total. The fourth-order valence-corrected chi connectivity index (χ4v) is 4.06. The predicted octanol–water partition coefficient (Wildman–Crippen LogP) is 4.66. The normalized spacial score (nSPS) is 12.6. The van der Waals surface area contributed by atoms with Crippen LogP contribution >= 0.6 is 0 Å². The highest BCUT2D eigenvalue weighted by atomic mass is 19.4. The van der Waals surface area contributed by atoms with Crippen LogP contribution in [0, 0.1) is 0 Å². The van der Waals surface area contributed by atoms with Gasteiger partial charge in [-0.25, -0.2) is 9.97 Å². The number of para-hydroxylation sites is 1. The molecule has 3 aromatic carbocycles. The number of aromatic nitrogens is 4. The van der Waals surface area contributed by atoms with Crippen LogP contribution in [0.25, 0.3) is 21.9 Å². The van der Waals surface area contributed by atoms with Gasteiger partial charge in [0.25, 0.3) is 5.56 Å². The molecule has 2 heterocycles. The number of carbonyl (C=O) groups is 1. The summed E-state index contributed by atoms with van der Waals surface area (Å²) in [5.74, 6) is -0.990. The average molecular weight is 491 g/mol. The molecule has 0 aliphatic rings. The van der Waals surface area contributed by atoms with Gasteiger partial charge < -0.3 is 15.3 Å². The van der Waals surface area contributed by atoms with Crippen LogP contribution in [0.5, 0.6) is 0 Å². The second-order valence-electron chi connectivity index (χ2n) is 8.30. The molecule has 36 heavy (non-hydrogen) atoms. The fraction of sp³-hybridized carbons (Fsp3) is 0.154. The van der Waals surface area contributed by atoms with Crippen molar-refractivity contribution in [2.24, 2.45) is 0 Å². The van der Waals surface area contributed by atoms with E-state index in [9.17, 15) is 22.8 Å². The lowest BCUT2D eigenvalue weighted by molar-refractivity contribution is -0.144. The number of hydrogen-bond acceptors (Lipinski definition) is 4. The number of amides is 1. The number of halogens is 3. The summed E-state index contributed by atoms with van der Waals surface area (Å²) in [6, 6.07) is 20.1. The van der Waals surface area contributed by atoms with Gasteiger partial charge in [-0.15, -0.1) is 0 Å². The van der Waals surface area contributed by atoms with E-state index >= 15 is 0 Å². The number of H-pyrrole nitrogens is 2. The Balaban J connectivity index is 1.39. The van der Waals surface area contributed by atoms with Gasteiger partial charge in [-0.3, -0.25) is 9.59 Å². The van der Waals surface area contributed by atoms with Crippen molar-refractivity contribution in [1.29, 1.82) is 0 Å². The summed E-state index contributed by atoms with van der Waals surface area (Å²) in [7, 11) is 0. The van der Waals surface area contributed by atoms with Crippen molar-refractivity contribution < 1.29 is 18.0 Å². The van der Waals surface area contributed by atoms with Gasteiger partial charge in [-0.05, 0) is 35.4 Å². The molecule has 0 saturated carbocycles. The van der Waals surface area contributed by atoms with Gasteiger partial charge in [-0.1, -0.05) is 48.5 Å². The zero-order valence-electron chi connectivity index (χ0n) is 18.8. The lowest BCUT2D eigenvalue weighted by Crippen LogP contribution is -2.29. The Morgan fingerprint density at radius 3 is 2.42 bits per heavy atom. The number of fused-ring (bicyclic) bond motifs is 2. The molecule has 5 aromatic rings. The highest BCUT2D eigenvalue weighted by Crippen LogP contribution is 2.30. The maximum atomic E-state index is 13.1. The zero-order chi connectivity index (χ0) is 25.3. The van der Waals surface area contributed by atoms with Crippen LogP contribution in [0.15, 0.2) is 77.6 Å². The van der Waals surface area contributed by atoms with Gasteiger partial charge in [0.1, 0.15) is 5.82 Å². The largest absolute Gasteiger partial charge is 0.449 e. The molecule has 0 fully saturated rings. The predicted molar refractivity (Wildman–Crippen MR) is 128 cm³/mol. The fourth-order valence-electron chi connectivity index (χ4n) is 4.06. The first-order valence-corrected chi connectivity index (χ1v) is 11.2. The molecule has 1 unspecified atom stereocenters. The van der Waals surface area contributed by atoms with Crippen molar-refractivity contribution in [2.45, 2.75) is 25.1 Å². The van der Waals surface area contributed by atoms with Gasteiger partial charge in [0, 0.05) is 12.8 Å². The van der Waals surface area contributed by atoms with Gasteiger partial charge in [-0.2, -0.15) is 13.2 Å². The van der Waals surface area contributed by atoms with Gasteiger partial charge >= 0.3 is 6.18 Å². The number of rotatable bonds is 6. The Morgan fingerprint density at radius 2 is 1.64 bits per heavy atom. The molecule has 0 bridgehead atoms. The Labute approximate surface area is 202 Å². The number of nitrogens with one attached hydrogen (secondary N) is 3. The minimum absolute atomic E-state index is 0.0507. The highest BCUT2D eigenvalue weighted by Gasteiger charge is 2.34. The molecular formula is C26H20F3N5O2. The van der Waals surface area contributed by atoms with Crippen LogP contribution in [0.3, 0.4) is 0 Å². The quantitative estimate of drug-likeness (QED) is 0.322. The minimum atomic E-state index is -4.59. The molecular weight excluding hydrogens is 471 g/mol. The standard InChI is InChI=1S/C26H20F3N5O2/c27-26(28,29)25-31-19-11-10-16(14-20(19)32-25)23(15-6-2-1-3-7-15)34-22(35)13-12-21-30-18-9-5-4-8-17(18)24(36)33-21/h1-11,14,23H,12-13H2,(H,31,32)(H,34,35)(H,30,33,36). The highest BCUT2D eigenvalue weighted by molar-refractivity contribution is 5.80. The van der Waals surface area contributed by atoms with Crippen LogP contribution in [-0.2, 0) is 17.4 Å². The van der Waals surface area contributed by atoms with Crippen LogP contribution in [0.1, 0.15) is 35.2 Å². The van der Waals surface area contributed by atoms with Gasteiger partial charge in [0.15, 0.2) is 0 Å². The Morgan fingerprint density at radius 1 is 0.889 bits per heavy atom. The van der Waals surface area contributed by atoms with Crippen molar-refractivity contribution in [3.8, 4) is 0 Å². The molecule has 0 saturated heterocycles. The molecule has 1 amide bonds. The maximum Gasteiger partial charge on any atom is 0.449 e. The molecule has 0 aliphatic carbocycles. The van der Waals surface area contributed by atoms with Gasteiger partial charge in [0.05, 0.1) is 28.0 Å². The molecule has 182 valence electrons. The first-order valence-electron chi connectivity index (χ1n) is 11.2. The van der Waals surface area contributed by atoms with Crippen molar-refractivity contribution in [3.05, 3.63) is 106 Å². The number of aromatic amines is 2. The summed E-state index contributed by atoms with van der Waals surface area (Å²) in [6.07, 6.45) is -4.33.